The number of hydrogen-bond acceptors (Lipinski definition) is 3. The zero-order valence-corrected chi connectivity index (χ0v) is 15.6. The van der Waals surface area contributed by atoms with Crippen LogP contribution in [0.2, 0.25) is 5.02 Å². The molecule has 0 unspecified atom stereocenters. The van der Waals surface area contributed by atoms with E-state index in [1.165, 1.54) is 32.4 Å². The van der Waals surface area contributed by atoms with E-state index in [4.69, 9.17) is 16.3 Å². The smallest absolute Gasteiger partial charge is 0.119 e. The minimum absolute atomic E-state index is 0.731. The topological polar surface area (TPSA) is 25.4 Å². The molecule has 3 nitrogen and oxygen atoms in total. The lowest BCUT2D eigenvalue weighted by Crippen LogP contribution is -2.33. The highest BCUT2D eigenvalue weighted by atomic mass is 35.5. The van der Waals surface area contributed by atoms with E-state index in [0.717, 1.165) is 46.0 Å². The van der Waals surface area contributed by atoms with Gasteiger partial charge in [0.2, 0.25) is 0 Å². The lowest BCUT2D eigenvalue weighted by Gasteiger charge is -2.26. The molecule has 0 radical (unpaired) electrons. The zero-order valence-electron chi connectivity index (χ0n) is 14.8. The van der Waals surface area contributed by atoms with Crippen LogP contribution < -0.4 is 4.74 Å². The molecule has 0 aliphatic carbocycles. The first-order chi connectivity index (χ1) is 12.8. The Labute approximate surface area is 159 Å². The number of halogens is 1. The molecule has 1 saturated heterocycles. The van der Waals surface area contributed by atoms with Gasteiger partial charge in [0.1, 0.15) is 12.4 Å². The van der Waals surface area contributed by atoms with E-state index in [0.29, 0.717) is 0 Å². The monoisotopic (exact) mass is 366 g/mol. The summed E-state index contributed by atoms with van der Waals surface area (Å²) in [4.78, 5) is 6.85. The molecule has 4 heteroatoms. The molecule has 0 bridgehead atoms. The fourth-order valence-corrected chi connectivity index (χ4v) is 3.72. The van der Waals surface area contributed by atoms with Crippen molar-refractivity contribution in [3.05, 3.63) is 59.8 Å². The van der Waals surface area contributed by atoms with Crippen LogP contribution in [0.4, 0.5) is 0 Å². The van der Waals surface area contributed by atoms with Crippen molar-refractivity contribution < 1.29 is 4.74 Å². The SMILES string of the molecule is Clc1ccnc2ccc(-c3ccc(OCCN4CCCCC4)cc3)cc12. The zero-order chi connectivity index (χ0) is 17.8. The number of likely N-dealkylation sites (tertiary alicyclic amines) is 1. The lowest BCUT2D eigenvalue weighted by molar-refractivity contribution is 0.183. The highest BCUT2D eigenvalue weighted by Crippen LogP contribution is 2.28. The van der Waals surface area contributed by atoms with Crippen molar-refractivity contribution in [3.63, 3.8) is 0 Å². The van der Waals surface area contributed by atoms with Crippen molar-refractivity contribution in [1.82, 2.24) is 9.88 Å². The van der Waals surface area contributed by atoms with Crippen molar-refractivity contribution in [2.24, 2.45) is 0 Å². The van der Waals surface area contributed by atoms with Gasteiger partial charge >= 0.3 is 0 Å². The van der Waals surface area contributed by atoms with Gasteiger partial charge in [-0.25, -0.2) is 0 Å². The van der Waals surface area contributed by atoms with Gasteiger partial charge in [-0.05, 0) is 67.4 Å². The van der Waals surface area contributed by atoms with E-state index in [9.17, 15) is 0 Å². The van der Waals surface area contributed by atoms with Crippen LogP contribution in [0.5, 0.6) is 5.75 Å². The first-order valence-electron chi connectivity index (χ1n) is 9.29. The Morgan fingerprint density at radius 1 is 0.923 bits per heavy atom. The molecule has 0 spiro atoms. The van der Waals surface area contributed by atoms with E-state index in [1.807, 2.05) is 24.3 Å². The molecule has 26 heavy (non-hydrogen) atoms. The first-order valence-corrected chi connectivity index (χ1v) is 9.67. The molecular formula is C22H23ClN2O. The summed E-state index contributed by atoms with van der Waals surface area (Å²) in [6, 6.07) is 16.3. The van der Waals surface area contributed by atoms with Crippen LogP contribution in [0.3, 0.4) is 0 Å². The number of aromatic nitrogens is 1. The second kappa shape index (κ2) is 8.07. The van der Waals surface area contributed by atoms with Gasteiger partial charge in [0, 0.05) is 18.1 Å². The van der Waals surface area contributed by atoms with Gasteiger partial charge in [0.25, 0.3) is 0 Å². The molecule has 2 aromatic carbocycles. The second-order valence-corrected chi connectivity index (χ2v) is 7.21. The number of rotatable bonds is 5. The third kappa shape index (κ3) is 4.00. The molecular weight excluding hydrogens is 344 g/mol. The van der Waals surface area contributed by atoms with Gasteiger partial charge in [0.05, 0.1) is 10.5 Å². The van der Waals surface area contributed by atoms with Gasteiger partial charge in [-0.3, -0.25) is 9.88 Å². The van der Waals surface area contributed by atoms with Gasteiger partial charge in [-0.1, -0.05) is 36.2 Å². The normalized spacial score (nSPS) is 15.3. The maximum Gasteiger partial charge on any atom is 0.119 e. The van der Waals surface area contributed by atoms with Crippen molar-refractivity contribution in [3.8, 4) is 16.9 Å². The summed E-state index contributed by atoms with van der Waals surface area (Å²) < 4.78 is 5.92. The number of hydrogen-bond donors (Lipinski definition) is 0. The molecule has 3 aromatic rings. The molecule has 0 amide bonds. The minimum Gasteiger partial charge on any atom is -0.492 e. The average molecular weight is 367 g/mol. The average Bonchev–Trinajstić information content (AvgIpc) is 2.70. The number of pyridine rings is 1. The largest absolute Gasteiger partial charge is 0.492 e. The Hall–Kier alpha value is -2.10. The Morgan fingerprint density at radius 3 is 2.50 bits per heavy atom. The maximum absolute atomic E-state index is 6.30. The van der Waals surface area contributed by atoms with E-state index in [2.05, 4.69) is 34.1 Å². The summed E-state index contributed by atoms with van der Waals surface area (Å²) in [5.74, 6) is 0.922. The number of nitrogens with zero attached hydrogens (tertiary/aromatic N) is 2. The fourth-order valence-electron chi connectivity index (χ4n) is 3.51. The van der Waals surface area contributed by atoms with E-state index < -0.39 is 0 Å². The second-order valence-electron chi connectivity index (χ2n) is 6.80. The quantitative estimate of drug-likeness (QED) is 0.602. The van der Waals surface area contributed by atoms with Gasteiger partial charge in [0.15, 0.2) is 0 Å². The third-order valence-corrected chi connectivity index (χ3v) is 5.33. The number of piperidine rings is 1. The highest BCUT2D eigenvalue weighted by molar-refractivity contribution is 6.35. The van der Waals surface area contributed by atoms with Gasteiger partial charge in [-0.2, -0.15) is 0 Å². The van der Waals surface area contributed by atoms with Crippen LogP contribution in [-0.4, -0.2) is 36.1 Å². The Kier molecular flexibility index (Phi) is 5.37. The number of ether oxygens (including phenoxy) is 1. The van der Waals surface area contributed by atoms with Crippen LogP contribution in [0.25, 0.3) is 22.0 Å². The van der Waals surface area contributed by atoms with E-state index in [1.54, 1.807) is 6.20 Å². The highest BCUT2D eigenvalue weighted by Gasteiger charge is 2.09. The molecule has 2 heterocycles. The molecule has 4 rings (SSSR count). The van der Waals surface area contributed by atoms with Crippen LogP contribution in [0, 0.1) is 0 Å². The third-order valence-electron chi connectivity index (χ3n) is 5.00. The summed E-state index contributed by atoms with van der Waals surface area (Å²) in [6.07, 6.45) is 5.75. The summed E-state index contributed by atoms with van der Waals surface area (Å²) in [6.45, 7) is 4.18. The first kappa shape index (κ1) is 17.3. The van der Waals surface area contributed by atoms with Crippen molar-refractivity contribution in [1.29, 1.82) is 0 Å². The van der Waals surface area contributed by atoms with Crippen molar-refractivity contribution in [2.45, 2.75) is 19.3 Å². The predicted molar refractivity (Wildman–Crippen MR) is 108 cm³/mol. The maximum atomic E-state index is 6.30. The number of benzene rings is 2. The summed E-state index contributed by atoms with van der Waals surface area (Å²) in [5, 5.41) is 1.71. The molecule has 0 saturated carbocycles. The molecule has 0 N–H and O–H groups in total. The standard InChI is InChI=1S/C22H23ClN2O/c23-21-10-11-24-22-9-6-18(16-20(21)22)17-4-7-19(8-5-17)26-15-14-25-12-2-1-3-13-25/h4-11,16H,1-3,12-15H2. The minimum atomic E-state index is 0.731. The summed E-state index contributed by atoms with van der Waals surface area (Å²) in [5.41, 5.74) is 3.20. The van der Waals surface area contributed by atoms with Crippen LogP contribution in [0.1, 0.15) is 19.3 Å². The van der Waals surface area contributed by atoms with Crippen molar-refractivity contribution >= 4 is 22.5 Å². The van der Waals surface area contributed by atoms with Crippen molar-refractivity contribution in [2.75, 3.05) is 26.2 Å². The Balaban J connectivity index is 1.41. The molecule has 1 aliphatic rings. The van der Waals surface area contributed by atoms with E-state index in [-0.39, 0.29) is 0 Å². The molecule has 1 aliphatic heterocycles. The van der Waals surface area contributed by atoms with Crippen LogP contribution in [0.15, 0.2) is 54.7 Å². The summed E-state index contributed by atoms with van der Waals surface area (Å²) in [7, 11) is 0. The molecule has 1 aromatic heterocycles. The Morgan fingerprint density at radius 2 is 1.69 bits per heavy atom. The predicted octanol–water partition coefficient (Wildman–Crippen LogP) is 5.42. The lowest BCUT2D eigenvalue weighted by atomic mass is 10.0. The van der Waals surface area contributed by atoms with Gasteiger partial charge in [-0.15, -0.1) is 0 Å². The van der Waals surface area contributed by atoms with Gasteiger partial charge < -0.3 is 4.74 Å². The number of fused-ring (bicyclic) bond motifs is 1. The van der Waals surface area contributed by atoms with Crippen LogP contribution >= 0.6 is 11.6 Å². The van der Waals surface area contributed by atoms with Crippen LogP contribution in [-0.2, 0) is 0 Å². The fraction of sp³-hybridized carbons (Fsp3) is 0.318. The molecule has 134 valence electrons. The Bertz CT molecular complexity index is 873. The molecule has 1 fully saturated rings. The summed E-state index contributed by atoms with van der Waals surface area (Å²) >= 11 is 6.30. The van der Waals surface area contributed by atoms with E-state index >= 15 is 0 Å². The molecule has 0 atom stereocenters.